The molecule has 1 fully saturated rings. The third-order valence-electron chi connectivity index (χ3n) is 6.05. The Balaban J connectivity index is 1.34. The van der Waals surface area contributed by atoms with Crippen LogP contribution < -0.4 is 11.1 Å². The predicted octanol–water partition coefficient (Wildman–Crippen LogP) is 1.84. The second-order valence-electron chi connectivity index (χ2n) is 8.19. The highest BCUT2D eigenvalue weighted by atomic mass is 32.2. The van der Waals surface area contributed by atoms with Crippen LogP contribution in [0, 0.1) is 5.92 Å². The number of rotatable bonds is 4. The monoisotopic (exact) mass is 450 g/mol. The van der Waals surface area contributed by atoms with Gasteiger partial charge < -0.3 is 14.6 Å². The average molecular weight is 451 g/mol. The molecule has 8 nitrogen and oxygen atoms in total. The number of thioether (sulfide) groups is 1. The van der Waals surface area contributed by atoms with E-state index in [0.717, 1.165) is 29.9 Å². The zero-order valence-electron chi connectivity index (χ0n) is 17.3. The molecule has 9 heteroatoms. The fourth-order valence-corrected chi connectivity index (χ4v) is 5.60. The number of para-hydroxylation sites is 1. The van der Waals surface area contributed by atoms with Crippen molar-refractivity contribution in [3.63, 3.8) is 0 Å². The fraction of sp³-hybridized carbons (Fsp3) is 0.304. The summed E-state index contributed by atoms with van der Waals surface area (Å²) in [5.41, 5.74) is 1.22. The van der Waals surface area contributed by atoms with E-state index in [1.165, 1.54) is 4.57 Å². The van der Waals surface area contributed by atoms with Gasteiger partial charge in [0.25, 0.3) is 11.1 Å². The highest BCUT2D eigenvalue weighted by molar-refractivity contribution is 7.99. The number of piperidine rings is 1. The topological polar surface area (TPSA) is 97.4 Å². The van der Waals surface area contributed by atoms with Crippen LogP contribution >= 0.6 is 11.8 Å². The summed E-state index contributed by atoms with van der Waals surface area (Å²) in [6.07, 6.45) is 0.974. The lowest BCUT2D eigenvalue weighted by molar-refractivity contribution is -0.131. The SMILES string of the molecule is O=C(CSc1nc(O)cc(=O)n1-c1ccccc1)N1C[C@@H]2C[C@@H](C1)c1cccc(=O)n1C2. The molecule has 32 heavy (non-hydrogen) atoms. The summed E-state index contributed by atoms with van der Waals surface area (Å²) in [7, 11) is 0. The van der Waals surface area contributed by atoms with Crippen molar-refractivity contribution in [2.75, 3.05) is 18.8 Å². The molecule has 2 bridgehead atoms. The molecular weight excluding hydrogens is 428 g/mol. The Morgan fingerprint density at radius 1 is 1.03 bits per heavy atom. The number of fused-ring (bicyclic) bond motifs is 4. The van der Waals surface area contributed by atoms with E-state index in [1.54, 1.807) is 24.3 Å². The third-order valence-corrected chi connectivity index (χ3v) is 6.97. The first kappa shape index (κ1) is 20.6. The molecule has 1 saturated heterocycles. The summed E-state index contributed by atoms with van der Waals surface area (Å²) in [6, 6.07) is 15.4. The van der Waals surface area contributed by atoms with Gasteiger partial charge in [0.05, 0.1) is 17.5 Å². The van der Waals surface area contributed by atoms with Crippen LogP contribution in [0.4, 0.5) is 0 Å². The number of carbonyl (C=O) groups is 1. The van der Waals surface area contributed by atoms with Crippen molar-refractivity contribution in [1.82, 2.24) is 19.0 Å². The molecule has 1 aromatic carbocycles. The lowest BCUT2D eigenvalue weighted by Gasteiger charge is -2.42. The number of amides is 1. The van der Waals surface area contributed by atoms with Gasteiger partial charge in [-0.1, -0.05) is 36.0 Å². The van der Waals surface area contributed by atoms with E-state index >= 15 is 0 Å². The van der Waals surface area contributed by atoms with Gasteiger partial charge in [-0.05, 0) is 30.5 Å². The van der Waals surface area contributed by atoms with Gasteiger partial charge in [-0.15, -0.1) is 0 Å². The van der Waals surface area contributed by atoms with E-state index < -0.39 is 5.56 Å². The van der Waals surface area contributed by atoms with Gasteiger partial charge in [0.15, 0.2) is 5.16 Å². The first-order valence-electron chi connectivity index (χ1n) is 10.5. The van der Waals surface area contributed by atoms with Gasteiger partial charge in [0.1, 0.15) is 0 Å². The van der Waals surface area contributed by atoms with Crippen molar-refractivity contribution >= 4 is 17.7 Å². The highest BCUT2D eigenvalue weighted by Gasteiger charge is 2.36. The summed E-state index contributed by atoms with van der Waals surface area (Å²) in [5.74, 6) is 0.0767. The third kappa shape index (κ3) is 3.84. The Hall–Kier alpha value is -3.33. The highest BCUT2D eigenvalue weighted by Crippen LogP contribution is 2.35. The zero-order valence-corrected chi connectivity index (χ0v) is 18.1. The normalized spacial score (nSPS) is 19.4. The van der Waals surface area contributed by atoms with Gasteiger partial charge in [0.2, 0.25) is 11.8 Å². The molecule has 0 spiro atoms. The Kier molecular flexibility index (Phi) is 5.34. The Morgan fingerprint density at radius 3 is 2.66 bits per heavy atom. The van der Waals surface area contributed by atoms with Crippen LogP contribution in [0.1, 0.15) is 18.0 Å². The molecular formula is C23H22N4O4S. The molecule has 3 aromatic rings. The summed E-state index contributed by atoms with van der Waals surface area (Å²) >= 11 is 1.13. The summed E-state index contributed by atoms with van der Waals surface area (Å²) < 4.78 is 3.23. The minimum Gasteiger partial charge on any atom is -0.493 e. The van der Waals surface area contributed by atoms with Crippen molar-refractivity contribution < 1.29 is 9.90 Å². The largest absolute Gasteiger partial charge is 0.493 e. The van der Waals surface area contributed by atoms with Crippen LogP contribution in [-0.4, -0.2) is 48.9 Å². The molecule has 1 N–H and O–H groups in total. The standard InChI is InChI=1S/C23H22N4O4S/c28-19-10-21(30)27(17-5-2-1-3-6-17)23(24-19)32-14-22(31)25-11-15-9-16(13-25)18-7-4-8-20(29)26(18)12-15/h1-8,10,15-16,28H,9,11-14H2/t15-,16-/m0/s1. The Bertz CT molecular complexity index is 1290. The summed E-state index contributed by atoms with van der Waals surface area (Å²) in [6.45, 7) is 1.80. The summed E-state index contributed by atoms with van der Waals surface area (Å²) in [4.78, 5) is 43.7. The smallest absolute Gasteiger partial charge is 0.262 e. The number of hydrogen-bond acceptors (Lipinski definition) is 6. The molecule has 2 aromatic heterocycles. The molecule has 2 aliphatic heterocycles. The number of hydrogen-bond donors (Lipinski definition) is 1. The number of benzene rings is 1. The Morgan fingerprint density at radius 2 is 1.84 bits per heavy atom. The quantitative estimate of drug-likeness (QED) is 0.481. The van der Waals surface area contributed by atoms with Crippen LogP contribution in [0.25, 0.3) is 5.69 Å². The molecule has 1 amide bonds. The van der Waals surface area contributed by atoms with E-state index in [-0.39, 0.29) is 40.1 Å². The second-order valence-corrected chi connectivity index (χ2v) is 9.13. The van der Waals surface area contributed by atoms with Gasteiger partial charge >= 0.3 is 0 Å². The second kappa shape index (κ2) is 8.31. The maximum Gasteiger partial charge on any atom is 0.262 e. The first-order valence-corrected chi connectivity index (χ1v) is 11.5. The molecule has 0 unspecified atom stereocenters. The average Bonchev–Trinajstić information content (AvgIpc) is 2.78. The number of carbonyl (C=O) groups excluding carboxylic acids is 1. The van der Waals surface area contributed by atoms with Crippen LogP contribution in [0.3, 0.4) is 0 Å². The molecule has 0 radical (unpaired) electrons. The maximum absolute atomic E-state index is 13.1. The lowest BCUT2D eigenvalue weighted by Crippen LogP contribution is -2.49. The van der Waals surface area contributed by atoms with Crippen molar-refractivity contribution in [3.8, 4) is 11.6 Å². The van der Waals surface area contributed by atoms with E-state index in [2.05, 4.69) is 4.98 Å². The van der Waals surface area contributed by atoms with Crippen molar-refractivity contribution in [3.05, 3.63) is 81.0 Å². The zero-order chi connectivity index (χ0) is 22.2. The first-order chi connectivity index (χ1) is 15.5. The van der Waals surface area contributed by atoms with Crippen LogP contribution in [0.2, 0.25) is 0 Å². The minimum atomic E-state index is -0.409. The van der Waals surface area contributed by atoms with Crippen LogP contribution in [0.15, 0.2) is 69.3 Å². The van der Waals surface area contributed by atoms with Crippen molar-refractivity contribution in [1.29, 1.82) is 0 Å². The van der Waals surface area contributed by atoms with Crippen LogP contribution in [0.5, 0.6) is 5.88 Å². The van der Waals surface area contributed by atoms with E-state index in [1.807, 2.05) is 33.7 Å². The maximum atomic E-state index is 13.1. The van der Waals surface area contributed by atoms with Crippen LogP contribution in [-0.2, 0) is 11.3 Å². The molecule has 5 rings (SSSR count). The molecule has 4 heterocycles. The molecule has 0 aliphatic carbocycles. The van der Waals surface area contributed by atoms with E-state index in [4.69, 9.17) is 0 Å². The predicted molar refractivity (Wildman–Crippen MR) is 120 cm³/mol. The number of nitrogens with zero attached hydrogens (tertiary/aromatic N) is 4. The number of aromatic nitrogens is 3. The minimum absolute atomic E-state index is 0.0152. The molecule has 2 aliphatic rings. The van der Waals surface area contributed by atoms with E-state index in [9.17, 15) is 19.5 Å². The van der Waals surface area contributed by atoms with Crippen molar-refractivity contribution in [2.45, 2.75) is 24.0 Å². The fourth-order valence-electron chi connectivity index (χ4n) is 4.68. The number of likely N-dealkylation sites (tertiary alicyclic amines) is 1. The lowest BCUT2D eigenvalue weighted by atomic mass is 9.83. The van der Waals surface area contributed by atoms with Gasteiger partial charge in [-0.25, -0.2) is 0 Å². The van der Waals surface area contributed by atoms with E-state index in [0.29, 0.717) is 25.3 Å². The molecule has 0 saturated carbocycles. The van der Waals surface area contributed by atoms with Crippen molar-refractivity contribution in [2.24, 2.45) is 5.92 Å². The summed E-state index contributed by atoms with van der Waals surface area (Å²) in [5, 5.41) is 10.1. The van der Waals surface area contributed by atoms with Gasteiger partial charge in [-0.2, -0.15) is 4.98 Å². The molecule has 2 atom stereocenters. The Labute approximate surface area is 188 Å². The number of pyridine rings is 1. The molecule has 164 valence electrons. The van der Waals surface area contributed by atoms with Gasteiger partial charge in [0, 0.05) is 37.3 Å². The number of aromatic hydroxyl groups is 1. The van der Waals surface area contributed by atoms with Gasteiger partial charge in [-0.3, -0.25) is 19.0 Å².